The van der Waals surface area contributed by atoms with Crippen molar-refractivity contribution in [1.82, 2.24) is 29.7 Å². The molecule has 2 N–H and O–H groups in total. The van der Waals surface area contributed by atoms with Gasteiger partial charge in [-0.05, 0) is 68.1 Å². The van der Waals surface area contributed by atoms with Gasteiger partial charge >= 0.3 is 0 Å². The second-order valence-corrected chi connectivity index (χ2v) is 13.0. The molecule has 49 heavy (non-hydrogen) atoms. The summed E-state index contributed by atoms with van der Waals surface area (Å²) in [6, 6.07) is 17.1. The van der Waals surface area contributed by atoms with Gasteiger partial charge in [0, 0.05) is 99.7 Å². The Balaban J connectivity index is 1.13. The molecule has 2 saturated heterocycles. The predicted molar refractivity (Wildman–Crippen MR) is 195 cm³/mol. The second-order valence-electron chi connectivity index (χ2n) is 13.0. The van der Waals surface area contributed by atoms with Gasteiger partial charge in [0.2, 0.25) is 0 Å². The van der Waals surface area contributed by atoms with Crippen LogP contribution in [0.4, 0.5) is 33.1 Å². The van der Waals surface area contributed by atoms with Gasteiger partial charge in [0.15, 0.2) is 0 Å². The lowest BCUT2D eigenvalue weighted by atomic mass is 9.96. The number of rotatable bonds is 9. The van der Waals surface area contributed by atoms with Crippen molar-refractivity contribution in [1.29, 1.82) is 0 Å². The molecule has 11 heteroatoms. The number of likely N-dealkylation sites (N-methyl/N-ethyl adjacent to an activating group) is 2. The summed E-state index contributed by atoms with van der Waals surface area (Å²) in [5.74, 6) is 1.62. The number of halogens is 1. The molecule has 0 atom stereocenters. The third kappa shape index (κ3) is 7.53. The number of benzene rings is 2. The van der Waals surface area contributed by atoms with E-state index in [0.29, 0.717) is 28.9 Å². The zero-order chi connectivity index (χ0) is 33.7. The average Bonchev–Trinajstić information content (AvgIpc) is 3.13. The van der Waals surface area contributed by atoms with Crippen LogP contribution in [0.25, 0.3) is 16.8 Å². The van der Waals surface area contributed by atoms with Crippen LogP contribution in [-0.4, -0.2) is 103 Å². The molecule has 4 aromatic rings. The van der Waals surface area contributed by atoms with E-state index in [1.165, 1.54) is 23.7 Å². The van der Waals surface area contributed by atoms with Gasteiger partial charge in [0.05, 0.1) is 18.5 Å². The highest BCUT2D eigenvalue weighted by Gasteiger charge is 2.28. The fraction of sp³-hybridized carbons (Fsp3) is 0.342. The van der Waals surface area contributed by atoms with Crippen molar-refractivity contribution < 1.29 is 9.13 Å². The molecule has 0 saturated carbocycles. The number of aromatic nitrogens is 3. The first kappa shape index (κ1) is 32.5. The van der Waals surface area contributed by atoms with Gasteiger partial charge in [-0.2, -0.15) is 0 Å². The van der Waals surface area contributed by atoms with E-state index in [4.69, 9.17) is 4.74 Å². The molecular weight excluding hydrogens is 617 g/mol. The van der Waals surface area contributed by atoms with E-state index < -0.39 is 0 Å². The van der Waals surface area contributed by atoms with Crippen molar-refractivity contribution in [2.75, 3.05) is 82.6 Å². The van der Waals surface area contributed by atoms with Gasteiger partial charge in [-0.25, -0.2) is 14.4 Å². The van der Waals surface area contributed by atoms with Crippen LogP contribution >= 0.6 is 0 Å². The molecule has 0 amide bonds. The van der Waals surface area contributed by atoms with E-state index in [9.17, 15) is 4.39 Å². The summed E-state index contributed by atoms with van der Waals surface area (Å²) in [5.41, 5.74) is 6.07. The van der Waals surface area contributed by atoms with Crippen molar-refractivity contribution in [3.8, 4) is 17.0 Å². The highest BCUT2D eigenvalue weighted by atomic mass is 19.1. The van der Waals surface area contributed by atoms with Gasteiger partial charge in [0.25, 0.3) is 0 Å². The maximum absolute atomic E-state index is 14.4. The first-order chi connectivity index (χ1) is 23.9. The van der Waals surface area contributed by atoms with Crippen LogP contribution < -0.4 is 20.3 Å². The maximum Gasteiger partial charge on any atom is 0.144 e. The Kier molecular flexibility index (Phi) is 9.72. The highest BCUT2D eigenvalue weighted by Crippen LogP contribution is 2.40. The van der Waals surface area contributed by atoms with Crippen LogP contribution in [0.3, 0.4) is 0 Å². The van der Waals surface area contributed by atoms with Crippen molar-refractivity contribution in [2.24, 2.45) is 0 Å². The molecule has 10 nitrogen and oxygen atoms in total. The zero-order valence-electron chi connectivity index (χ0n) is 28.4. The Labute approximate surface area is 287 Å². The van der Waals surface area contributed by atoms with Crippen LogP contribution in [0.15, 0.2) is 85.5 Å². The first-order valence-corrected chi connectivity index (χ1v) is 17.0. The van der Waals surface area contributed by atoms with E-state index in [1.54, 1.807) is 37.6 Å². The summed E-state index contributed by atoms with van der Waals surface area (Å²) in [5, 5.41) is 6.81. The molecule has 0 spiro atoms. The minimum atomic E-state index is -0.318. The summed E-state index contributed by atoms with van der Waals surface area (Å²) in [6.07, 6.45) is 12.1. The molecule has 2 aromatic carbocycles. The minimum Gasteiger partial charge on any atom is -0.494 e. The fourth-order valence-corrected chi connectivity index (χ4v) is 6.87. The zero-order valence-corrected chi connectivity index (χ0v) is 28.4. The van der Waals surface area contributed by atoms with E-state index in [0.717, 1.165) is 81.3 Å². The number of nitrogens with one attached hydrogen (secondary N) is 2. The molecule has 254 valence electrons. The normalized spacial score (nSPS) is 17.6. The molecule has 0 radical (unpaired) electrons. The van der Waals surface area contributed by atoms with Gasteiger partial charge in [-0.15, -0.1) is 0 Å². The number of anilines is 5. The molecular formula is C38H44FN9O. The standard InChI is InChI=1S/C38H44FN9O/c1-45-14-9-27(10-15-45)31-23-34(36(49-3)24-35(31)48-16-11-29(12-17-48)47-20-18-46(2)19-21-47)44-38-25-37(41-26-42-38)43-28-8-13-40-33(22-28)30-6-4-5-7-32(30)39/h4-10,13-14,22-26,29H,11-12,15-21H2,1-3H3,(H2,40,41,42,43,44). The van der Waals surface area contributed by atoms with Crippen molar-refractivity contribution in [2.45, 2.75) is 18.9 Å². The summed E-state index contributed by atoms with van der Waals surface area (Å²) in [4.78, 5) is 23.1. The number of hydrogen-bond donors (Lipinski definition) is 2. The Bertz CT molecular complexity index is 1830. The Hall–Kier alpha value is -5.00. The number of nitrogens with zero attached hydrogens (tertiary/aromatic N) is 7. The summed E-state index contributed by atoms with van der Waals surface area (Å²) >= 11 is 0. The van der Waals surface area contributed by atoms with Gasteiger partial charge in [0.1, 0.15) is 29.5 Å². The third-order valence-corrected chi connectivity index (χ3v) is 9.71. The lowest BCUT2D eigenvalue weighted by Crippen LogP contribution is -2.52. The monoisotopic (exact) mass is 661 g/mol. The molecule has 5 heterocycles. The van der Waals surface area contributed by atoms with Crippen LogP contribution in [-0.2, 0) is 0 Å². The number of pyridine rings is 1. The Morgan fingerprint density at radius 2 is 1.61 bits per heavy atom. The number of ether oxygens (including phenoxy) is 1. The number of piperazine rings is 1. The van der Waals surface area contributed by atoms with E-state index in [-0.39, 0.29) is 5.82 Å². The first-order valence-electron chi connectivity index (χ1n) is 17.0. The third-order valence-electron chi connectivity index (χ3n) is 9.71. The molecule has 3 aliphatic rings. The molecule has 0 unspecified atom stereocenters. The van der Waals surface area contributed by atoms with Gasteiger partial charge in [-0.3, -0.25) is 9.88 Å². The van der Waals surface area contributed by atoms with Crippen molar-refractivity contribution in [3.05, 3.63) is 96.9 Å². The molecule has 7 rings (SSSR count). The number of methoxy groups -OCH3 is 1. The van der Waals surface area contributed by atoms with Crippen LogP contribution in [0.5, 0.6) is 5.75 Å². The maximum atomic E-state index is 14.4. The van der Waals surface area contributed by atoms with E-state index >= 15 is 0 Å². The van der Waals surface area contributed by atoms with Crippen LogP contribution in [0.2, 0.25) is 0 Å². The molecule has 3 aliphatic heterocycles. The van der Waals surface area contributed by atoms with Crippen LogP contribution in [0, 0.1) is 5.82 Å². The molecule has 0 aliphatic carbocycles. The summed E-state index contributed by atoms with van der Waals surface area (Å²) in [7, 11) is 6.01. The molecule has 2 fully saturated rings. The quantitative estimate of drug-likeness (QED) is 0.215. The van der Waals surface area contributed by atoms with Crippen molar-refractivity contribution >= 4 is 34.3 Å². The van der Waals surface area contributed by atoms with E-state index in [2.05, 4.69) is 89.8 Å². The van der Waals surface area contributed by atoms with Gasteiger partial charge in [-0.1, -0.05) is 18.2 Å². The summed E-state index contributed by atoms with van der Waals surface area (Å²) < 4.78 is 20.4. The number of hydrogen-bond acceptors (Lipinski definition) is 10. The van der Waals surface area contributed by atoms with Gasteiger partial charge < -0.3 is 30.1 Å². The summed E-state index contributed by atoms with van der Waals surface area (Å²) in [6.45, 7) is 7.47. The Morgan fingerprint density at radius 3 is 2.35 bits per heavy atom. The molecule has 2 aromatic heterocycles. The lowest BCUT2D eigenvalue weighted by molar-refractivity contribution is 0.0982. The number of allylic oxidation sites excluding steroid dienone is 2. The number of piperidine rings is 1. The SMILES string of the molecule is COc1cc(N2CCC(N3CCN(C)CC3)CC2)c(C2=CCN(C)C=C2)cc1Nc1cc(Nc2ccnc(-c3ccccc3F)c2)ncn1. The highest BCUT2D eigenvalue weighted by molar-refractivity contribution is 5.88. The smallest absolute Gasteiger partial charge is 0.144 e. The van der Waals surface area contributed by atoms with E-state index in [1.807, 2.05) is 12.1 Å². The topological polar surface area (TPSA) is 84.9 Å². The predicted octanol–water partition coefficient (Wildman–Crippen LogP) is 6.23. The average molecular weight is 662 g/mol. The van der Waals surface area contributed by atoms with Crippen molar-refractivity contribution in [3.63, 3.8) is 0 Å². The largest absolute Gasteiger partial charge is 0.494 e. The molecule has 0 bridgehead atoms. The second kappa shape index (κ2) is 14.6. The van der Waals surface area contributed by atoms with Crippen LogP contribution in [0.1, 0.15) is 18.4 Å². The fourth-order valence-electron chi connectivity index (χ4n) is 6.87. The lowest BCUT2D eigenvalue weighted by Gasteiger charge is -2.43. The Morgan fingerprint density at radius 1 is 0.837 bits per heavy atom. The minimum absolute atomic E-state index is 0.318.